The van der Waals surface area contributed by atoms with E-state index in [1.165, 1.54) is 6.07 Å². The molecule has 5 heterocycles. The van der Waals surface area contributed by atoms with E-state index in [9.17, 15) is 9.18 Å². The van der Waals surface area contributed by atoms with Gasteiger partial charge in [-0.25, -0.2) is 9.37 Å². The van der Waals surface area contributed by atoms with Gasteiger partial charge < -0.3 is 15.0 Å². The predicted molar refractivity (Wildman–Crippen MR) is 102 cm³/mol. The Balaban J connectivity index is 1.19. The molecule has 4 aliphatic heterocycles. The first kappa shape index (κ1) is 18.0. The number of aryl methyl sites for hydroxylation is 1. The Bertz CT molecular complexity index is 874. The van der Waals surface area contributed by atoms with Crippen LogP contribution in [0.15, 0.2) is 12.1 Å². The number of amides is 1. The van der Waals surface area contributed by atoms with Gasteiger partial charge in [-0.2, -0.15) is 0 Å². The molecule has 150 valence electrons. The summed E-state index contributed by atoms with van der Waals surface area (Å²) in [5.74, 6) is 0.618. The maximum Gasteiger partial charge on any atom is 0.234 e. The van der Waals surface area contributed by atoms with Gasteiger partial charge in [0.2, 0.25) is 5.91 Å². The Labute approximate surface area is 163 Å². The smallest absolute Gasteiger partial charge is 0.234 e. The van der Waals surface area contributed by atoms with Crippen molar-refractivity contribution in [1.82, 2.24) is 25.1 Å². The summed E-state index contributed by atoms with van der Waals surface area (Å²) in [6.07, 6.45) is 1.14. The summed E-state index contributed by atoms with van der Waals surface area (Å²) in [7, 11) is 0. The molecule has 2 bridgehead atoms. The van der Waals surface area contributed by atoms with Crippen molar-refractivity contribution >= 4 is 16.9 Å². The number of aromatic nitrogens is 2. The zero-order valence-electron chi connectivity index (χ0n) is 16.3. The number of nitrogens with zero attached hydrogens (tertiary/aromatic N) is 3. The van der Waals surface area contributed by atoms with Crippen LogP contribution in [-0.4, -0.2) is 76.1 Å². The number of rotatable bonds is 5. The highest BCUT2D eigenvalue weighted by molar-refractivity contribution is 5.79. The number of piperidine rings is 1. The van der Waals surface area contributed by atoms with Crippen LogP contribution in [0.2, 0.25) is 0 Å². The molecule has 8 heteroatoms. The van der Waals surface area contributed by atoms with Crippen LogP contribution >= 0.6 is 0 Å². The molecule has 2 aromatic rings. The first-order chi connectivity index (χ1) is 13.4. The number of imidazole rings is 1. The lowest BCUT2D eigenvalue weighted by Gasteiger charge is -2.56. The number of H-pyrrole nitrogens is 1. The van der Waals surface area contributed by atoms with E-state index in [1.807, 2.05) is 13.8 Å². The molecule has 0 radical (unpaired) electrons. The zero-order valence-corrected chi connectivity index (χ0v) is 16.3. The van der Waals surface area contributed by atoms with Crippen molar-refractivity contribution in [2.45, 2.75) is 44.4 Å². The minimum atomic E-state index is -0.261. The van der Waals surface area contributed by atoms with Gasteiger partial charge in [0.25, 0.3) is 0 Å². The first-order valence-electron chi connectivity index (χ1n) is 9.91. The van der Waals surface area contributed by atoms with Crippen LogP contribution in [0.5, 0.6) is 0 Å². The van der Waals surface area contributed by atoms with Crippen molar-refractivity contribution in [2.75, 3.05) is 32.8 Å². The lowest BCUT2D eigenvalue weighted by molar-refractivity contribution is -0.140. The molecule has 2 atom stereocenters. The molecule has 0 saturated carbocycles. The number of hydrogen-bond acceptors (Lipinski definition) is 5. The van der Waals surface area contributed by atoms with Gasteiger partial charge in [-0.1, -0.05) is 6.07 Å². The van der Waals surface area contributed by atoms with Crippen molar-refractivity contribution in [2.24, 2.45) is 0 Å². The summed E-state index contributed by atoms with van der Waals surface area (Å²) >= 11 is 0. The molecule has 1 amide bonds. The average Bonchev–Trinajstić information content (AvgIpc) is 3.06. The number of aromatic amines is 1. The molecule has 4 fully saturated rings. The summed E-state index contributed by atoms with van der Waals surface area (Å²) < 4.78 is 19.2. The molecule has 28 heavy (non-hydrogen) atoms. The van der Waals surface area contributed by atoms with Gasteiger partial charge in [0, 0.05) is 25.2 Å². The van der Waals surface area contributed by atoms with Crippen LogP contribution in [0.25, 0.3) is 11.0 Å². The van der Waals surface area contributed by atoms with Gasteiger partial charge in [0.05, 0.1) is 37.4 Å². The number of nitrogens with one attached hydrogen (secondary N) is 2. The van der Waals surface area contributed by atoms with Gasteiger partial charge in [-0.05, 0) is 31.9 Å². The number of benzene rings is 1. The van der Waals surface area contributed by atoms with Crippen molar-refractivity contribution < 1.29 is 13.9 Å². The standard InChI is InChI=1S/C20H26FN5O2/c1-12-3-4-15(21)19-18(12)22-16(23-19)8-25-6-13-5-14(7-25)26(13)9-17(27)24-20(2)10-28-11-20/h3-4,13-14H,5-11H2,1-2H3,(H,22,23)(H,24,27). The number of ether oxygens (including phenoxy) is 1. The van der Waals surface area contributed by atoms with E-state index in [1.54, 1.807) is 6.07 Å². The number of carbonyl (C=O) groups is 1. The van der Waals surface area contributed by atoms with E-state index in [2.05, 4.69) is 25.1 Å². The largest absolute Gasteiger partial charge is 0.376 e. The van der Waals surface area contributed by atoms with Gasteiger partial charge in [-0.15, -0.1) is 0 Å². The fourth-order valence-corrected chi connectivity index (χ4v) is 4.71. The van der Waals surface area contributed by atoms with Gasteiger partial charge in [-0.3, -0.25) is 14.6 Å². The van der Waals surface area contributed by atoms with E-state index >= 15 is 0 Å². The van der Waals surface area contributed by atoms with Crippen molar-refractivity contribution in [3.05, 3.63) is 29.3 Å². The number of hydrogen-bond donors (Lipinski definition) is 2. The van der Waals surface area contributed by atoms with E-state index in [0.717, 1.165) is 30.9 Å². The van der Waals surface area contributed by atoms with Crippen molar-refractivity contribution in [3.63, 3.8) is 0 Å². The maximum atomic E-state index is 14.0. The molecular weight excluding hydrogens is 361 g/mol. The summed E-state index contributed by atoms with van der Waals surface area (Å²) in [6, 6.07) is 4.04. The second-order valence-electron chi connectivity index (χ2n) is 8.78. The molecule has 4 saturated heterocycles. The third kappa shape index (κ3) is 3.09. The molecule has 7 nitrogen and oxygen atoms in total. The highest BCUT2D eigenvalue weighted by atomic mass is 19.1. The van der Waals surface area contributed by atoms with Gasteiger partial charge in [0.15, 0.2) is 0 Å². The zero-order chi connectivity index (χ0) is 19.5. The molecule has 1 aromatic carbocycles. The Morgan fingerprint density at radius 1 is 1.39 bits per heavy atom. The van der Waals surface area contributed by atoms with Gasteiger partial charge >= 0.3 is 0 Å². The summed E-state index contributed by atoms with van der Waals surface area (Å²) in [5.41, 5.74) is 1.98. The lowest BCUT2D eigenvalue weighted by atomic mass is 9.87. The maximum absolute atomic E-state index is 14.0. The first-order valence-corrected chi connectivity index (χ1v) is 9.91. The molecular formula is C20H26FN5O2. The predicted octanol–water partition coefficient (Wildman–Crippen LogP) is 1.17. The van der Waals surface area contributed by atoms with E-state index < -0.39 is 0 Å². The molecule has 0 spiro atoms. The quantitative estimate of drug-likeness (QED) is 0.806. The van der Waals surface area contributed by atoms with E-state index in [0.29, 0.717) is 49.4 Å². The summed E-state index contributed by atoms with van der Waals surface area (Å²) in [4.78, 5) is 24.7. The van der Waals surface area contributed by atoms with E-state index in [-0.39, 0.29) is 17.3 Å². The molecule has 2 N–H and O–H groups in total. The topological polar surface area (TPSA) is 73.5 Å². The Morgan fingerprint density at radius 2 is 2.14 bits per heavy atom. The number of halogens is 1. The van der Waals surface area contributed by atoms with Crippen LogP contribution in [-0.2, 0) is 16.1 Å². The Kier molecular flexibility index (Phi) is 4.19. The SMILES string of the molecule is Cc1ccc(F)c2[nH]c(CN3CC4CC(C3)N4CC(=O)NC3(C)COC3)nc12. The summed E-state index contributed by atoms with van der Waals surface area (Å²) in [6.45, 7) is 8.09. The normalized spacial score (nSPS) is 26.7. The van der Waals surface area contributed by atoms with Crippen LogP contribution in [0.4, 0.5) is 4.39 Å². The molecule has 2 unspecified atom stereocenters. The fourth-order valence-electron chi connectivity index (χ4n) is 4.71. The van der Waals surface area contributed by atoms with Crippen LogP contribution in [0.1, 0.15) is 24.7 Å². The fraction of sp³-hybridized carbons (Fsp3) is 0.600. The minimum Gasteiger partial charge on any atom is -0.376 e. The summed E-state index contributed by atoms with van der Waals surface area (Å²) in [5, 5.41) is 3.09. The second kappa shape index (κ2) is 6.50. The second-order valence-corrected chi connectivity index (χ2v) is 8.78. The molecule has 4 aliphatic rings. The van der Waals surface area contributed by atoms with Crippen molar-refractivity contribution in [1.29, 1.82) is 0 Å². The number of carbonyl (C=O) groups excluding carboxylic acids is 1. The monoisotopic (exact) mass is 387 g/mol. The highest BCUT2D eigenvalue weighted by Gasteiger charge is 2.46. The highest BCUT2D eigenvalue weighted by Crippen LogP contribution is 2.32. The third-order valence-electron chi connectivity index (χ3n) is 6.25. The average molecular weight is 387 g/mol. The Hall–Kier alpha value is -2.03. The van der Waals surface area contributed by atoms with Crippen molar-refractivity contribution in [3.8, 4) is 0 Å². The van der Waals surface area contributed by atoms with E-state index in [4.69, 9.17) is 4.74 Å². The lowest BCUT2D eigenvalue weighted by Crippen LogP contribution is -2.70. The van der Waals surface area contributed by atoms with Crippen LogP contribution in [0.3, 0.4) is 0 Å². The minimum absolute atomic E-state index is 0.0807. The molecule has 1 aromatic heterocycles. The van der Waals surface area contributed by atoms with Crippen LogP contribution in [0, 0.1) is 12.7 Å². The Morgan fingerprint density at radius 3 is 2.79 bits per heavy atom. The molecule has 6 rings (SSSR count). The molecule has 0 aliphatic carbocycles. The third-order valence-corrected chi connectivity index (χ3v) is 6.25. The van der Waals surface area contributed by atoms with Gasteiger partial charge in [0.1, 0.15) is 17.2 Å². The van der Waals surface area contributed by atoms with Crippen LogP contribution < -0.4 is 5.32 Å². The number of fused-ring (bicyclic) bond motifs is 3. The number of piperazine rings is 1.